The molecule has 11 heteroatoms. The number of hydrogen-bond acceptors (Lipinski definition) is 10. The number of carbonyl (C=O) groups excluding carboxylic acids is 2. The van der Waals surface area contributed by atoms with Crippen LogP contribution in [0.2, 0.25) is 0 Å². The van der Waals surface area contributed by atoms with Gasteiger partial charge in [0.2, 0.25) is 5.91 Å². The predicted molar refractivity (Wildman–Crippen MR) is 269 cm³/mol. The van der Waals surface area contributed by atoms with Gasteiger partial charge in [-0.15, -0.1) is 0 Å². The number of ether oxygens (including phenoxy) is 3. The third-order valence-corrected chi connectivity index (χ3v) is 12.8. The van der Waals surface area contributed by atoms with Crippen LogP contribution in [0.3, 0.4) is 0 Å². The third-order valence-electron chi connectivity index (χ3n) is 12.8. The molecule has 11 nitrogen and oxygen atoms in total. The molecule has 0 radical (unpaired) electrons. The lowest BCUT2D eigenvalue weighted by molar-refractivity contribution is -0.305. The minimum Gasteiger partial charge on any atom is -0.454 e. The van der Waals surface area contributed by atoms with E-state index in [1.807, 2.05) is 6.08 Å². The average Bonchev–Trinajstić information content (AvgIpc) is 3.31. The van der Waals surface area contributed by atoms with Crippen LogP contribution in [0, 0.1) is 0 Å². The lowest BCUT2D eigenvalue weighted by Gasteiger charge is -2.41. The van der Waals surface area contributed by atoms with Crippen molar-refractivity contribution in [1.82, 2.24) is 5.32 Å². The van der Waals surface area contributed by atoms with Gasteiger partial charge in [-0.25, -0.2) is 0 Å². The fourth-order valence-corrected chi connectivity index (χ4v) is 8.45. The monoisotopic (exact) mass is 936 g/mol. The fourth-order valence-electron chi connectivity index (χ4n) is 8.45. The summed E-state index contributed by atoms with van der Waals surface area (Å²) in [6.07, 6.45) is 39.1. The predicted octanol–water partition coefficient (Wildman–Crippen LogP) is 11.6. The van der Waals surface area contributed by atoms with Crippen LogP contribution in [0.25, 0.3) is 0 Å². The molecule has 8 unspecified atom stereocenters. The molecule has 0 aromatic carbocycles. The van der Waals surface area contributed by atoms with Gasteiger partial charge in [-0.3, -0.25) is 9.59 Å². The standard InChI is InChI=1S/C55H101NO10/c1-4-7-10-13-16-19-22-24-27-29-32-35-38-41-47(58)46(56-54(63)48(59)42-39-36-33-30-28-25-23-20-17-14-11-8-5-2)45-64-55-53(52(62)51(61)49(44-57)65-55)66-50(60)43-40-37-34-31-26-21-18-15-12-9-6-3/h8,11,17,20,38,41,46-49,51-53,55,57-59,61-62H,4-7,9-10,12-16,18-19,21-37,39-40,42-45H2,1-3H3,(H,56,63)/b11-8+,20-17+,41-38+. The Morgan fingerprint density at radius 1 is 0.606 bits per heavy atom. The van der Waals surface area contributed by atoms with Crippen molar-refractivity contribution in [3.05, 3.63) is 36.5 Å². The zero-order valence-electron chi connectivity index (χ0n) is 42.3. The number of unbranched alkanes of at least 4 members (excludes halogenated alkanes) is 27. The quantitative estimate of drug-likeness (QED) is 0.0196. The van der Waals surface area contributed by atoms with Gasteiger partial charge in [0.1, 0.15) is 24.4 Å². The molecule has 66 heavy (non-hydrogen) atoms. The molecule has 1 aliphatic rings. The second kappa shape index (κ2) is 44.1. The highest BCUT2D eigenvalue weighted by atomic mass is 16.7. The first-order valence-electron chi connectivity index (χ1n) is 27.3. The van der Waals surface area contributed by atoms with Crippen molar-refractivity contribution in [2.45, 2.75) is 288 Å². The molecule has 1 rings (SSSR count). The van der Waals surface area contributed by atoms with Crippen molar-refractivity contribution in [3.63, 3.8) is 0 Å². The Hall–Kier alpha value is -2.12. The molecule has 0 bridgehead atoms. The van der Waals surface area contributed by atoms with Gasteiger partial charge in [0.05, 0.1) is 25.4 Å². The second-order valence-corrected chi connectivity index (χ2v) is 18.9. The first-order chi connectivity index (χ1) is 32.2. The van der Waals surface area contributed by atoms with Crippen LogP contribution in [-0.2, 0) is 23.8 Å². The van der Waals surface area contributed by atoms with Crippen LogP contribution in [0.4, 0.5) is 0 Å². The third kappa shape index (κ3) is 32.6. The Morgan fingerprint density at radius 2 is 1.09 bits per heavy atom. The fraction of sp³-hybridized carbons (Fsp3) is 0.855. The molecule has 1 fully saturated rings. The molecule has 1 aliphatic heterocycles. The van der Waals surface area contributed by atoms with E-state index in [1.165, 1.54) is 103 Å². The summed E-state index contributed by atoms with van der Waals surface area (Å²) in [7, 11) is 0. The molecule has 6 N–H and O–H groups in total. The van der Waals surface area contributed by atoms with E-state index in [2.05, 4.69) is 50.4 Å². The van der Waals surface area contributed by atoms with Gasteiger partial charge < -0.3 is 45.1 Å². The van der Waals surface area contributed by atoms with Gasteiger partial charge in [0, 0.05) is 6.42 Å². The van der Waals surface area contributed by atoms with Gasteiger partial charge in [0.15, 0.2) is 12.4 Å². The van der Waals surface area contributed by atoms with Crippen molar-refractivity contribution in [3.8, 4) is 0 Å². The van der Waals surface area contributed by atoms with E-state index < -0.39 is 67.4 Å². The SMILES string of the molecule is CC/C=C/C/C=C/CCCCCCCCC(O)C(=O)NC(COC1OC(CO)C(O)C(O)C1OC(=O)CCCCCCCCCCCCC)C(O)/C=C/CCCCCCCCCCCCC. The van der Waals surface area contributed by atoms with Gasteiger partial charge >= 0.3 is 5.97 Å². The zero-order chi connectivity index (χ0) is 48.3. The summed E-state index contributed by atoms with van der Waals surface area (Å²) in [6, 6.07) is -1.02. The summed E-state index contributed by atoms with van der Waals surface area (Å²) < 4.78 is 17.5. The normalized spacial score (nSPS) is 20.4. The minimum atomic E-state index is -1.61. The first-order valence-corrected chi connectivity index (χ1v) is 27.3. The Bertz CT molecular complexity index is 1210. The maximum Gasteiger partial charge on any atom is 0.306 e. The maximum absolute atomic E-state index is 13.3. The number of nitrogens with one attached hydrogen (secondary N) is 1. The van der Waals surface area contributed by atoms with E-state index in [-0.39, 0.29) is 19.4 Å². The molecule has 0 aromatic heterocycles. The van der Waals surface area contributed by atoms with Crippen LogP contribution < -0.4 is 5.32 Å². The van der Waals surface area contributed by atoms with E-state index in [1.54, 1.807) is 6.08 Å². The molecule has 0 aliphatic carbocycles. The summed E-state index contributed by atoms with van der Waals surface area (Å²) >= 11 is 0. The number of aliphatic hydroxyl groups is 5. The lowest BCUT2D eigenvalue weighted by atomic mass is 9.99. The number of amides is 1. The van der Waals surface area contributed by atoms with Crippen molar-refractivity contribution in [2.24, 2.45) is 0 Å². The molecule has 0 aromatic rings. The van der Waals surface area contributed by atoms with E-state index in [0.717, 1.165) is 89.9 Å². The average molecular weight is 936 g/mol. The lowest BCUT2D eigenvalue weighted by Crippen LogP contribution is -2.61. The summed E-state index contributed by atoms with van der Waals surface area (Å²) in [5.41, 5.74) is 0. The molecule has 1 amide bonds. The smallest absolute Gasteiger partial charge is 0.306 e. The molecular formula is C55H101NO10. The Morgan fingerprint density at radius 3 is 1.62 bits per heavy atom. The van der Waals surface area contributed by atoms with Crippen molar-refractivity contribution in [2.75, 3.05) is 13.2 Å². The molecule has 8 atom stereocenters. The van der Waals surface area contributed by atoms with Crippen molar-refractivity contribution < 1.29 is 49.3 Å². The van der Waals surface area contributed by atoms with Crippen molar-refractivity contribution >= 4 is 11.9 Å². The molecule has 0 saturated carbocycles. The van der Waals surface area contributed by atoms with E-state index in [4.69, 9.17) is 14.2 Å². The molecule has 1 heterocycles. The number of allylic oxidation sites excluding steroid dienone is 5. The maximum atomic E-state index is 13.3. The number of rotatable bonds is 45. The van der Waals surface area contributed by atoms with Crippen LogP contribution in [0.5, 0.6) is 0 Å². The van der Waals surface area contributed by atoms with Crippen LogP contribution >= 0.6 is 0 Å². The van der Waals surface area contributed by atoms with Crippen LogP contribution in [0.15, 0.2) is 36.5 Å². The summed E-state index contributed by atoms with van der Waals surface area (Å²) in [4.78, 5) is 26.3. The van der Waals surface area contributed by atoms with E-state index in [0.29, 0.717) is 12.8 Å². The van der Waals surface area contributed by atoms with Crippen molar-refractivity contribution in [1.29, 1.82) is 0 Å². The minimum absolute atomic E-state index is 0.126. The van der Waals surface area contributed by atoms with Gasteiger partial charge in [-0.2, -0.15) is 0 Å². The zero-order valence-corrected chi connectivity index (χ0v) is 42.3. The van der Waals surface area contributed by atoms with Crippen LogP contribution in [-0.4, -0.2) is 99.6 Å². The number of carbonyl (C=O) groups is 2. The van der Waals surface area contributed by atoms with Gasteiger partial charge in [0.25, 0.3) is 0 Å². The Balaban J connectivity index is 2.78. The van der Waals surface area contributed by atoms with Crippen LogP contribution in [0.1, 0.15) is 239 Å². The highest BCUT2D eigenvalue weighted by Gasteiger charge is 2.47. The Kier molecular flexibility index (Phi) is 41.4. The largest absolute Gasteiger partial charge is 0.454 e. The van der Waals surface area contributed by atoms with Gasteiger partial charge in [-0.1, -0.05) is 218 Å². The highest BCUT2D eigenvalue weighted by molar-refractivity contribution is 5.80. The number of hydrogen-bond donors (Lipinski definition) is 6. The molecule has 386 valence electrons. The Labute approximate surface area is 403 Å². The highest BCUT2D eigenvalue weighted by Crippen LogP contribution is 2.26. The number of aliphatic hydroxyl groups excluding tert-OH is 5. The van der Waals surface area contributed by atoms with E-state index in [9.17, 15) is 35.1 Å². The second-order valence-electron chi connectivity index (χ2n) is 18.9. The summed E-state index contributed by atoms with van der Waals surface area (Å²) in [5.74, 6) is -1.20. The first kappa shape index (κ1) is 61.9. The molecule has 0 spiro atoms. The summed E-state index contributed by atoms with van der Waals surface area (Å²) in [6.45, 7) is 5.65. The van der Waals surface area contributed by atoms with E-state index >= 15 is 0 Å². The van der Waals surface area contributed by atoms with Gasteiger partial charge in [-0.05, 0) is 51.4 Å². The molecular weight excluding hydrogens is 835 g/mol. The topological polar surface area (TPSA) is 175 Å². The number of esters is 1. The summed E-state index contributed by atoms with van der Waals surface area (Å²) in [5, 5.41) is 56.6. The molecule has 1 saturated heterocycles.